The van der Waals surface area contributed by atoms with E-state index < -0.39 is 0 Å². The number of anilines is 1. The van der Waals surface area contributed by atoms with E-state index in [0.29, 0.717) is 0 Å². The Morgan fingerprint density at radius 1 is 1.11 bits per heavy atom. The van der Waals surface area contributed by atoms with E-state index >= 15 is 0 Å². The molecule has 2 aromatic rings. The minimum atomic E-state index is 0.788. The SMILES string of the molecule is CCN(CC)c1ccnc(Cc2cccc(C)c2)n1. The highest BCUT2D eigenvalue weighted by atomic mass is 15.2. The van der Waals surface area contributed by atoms with E-state index in [0.717, 1.165) is 31.2 Å². The van der Waals surface area contributed by atoms with Gasteiger partial charge in [-0.05, 0) is 32.4 Å². The number of aromatic nitrogens is 2. The molecule has 0 spiro atoms. The Bertz CT molecular complexity index is 533. The van der Waals surface area contributed by atoms with Crippen molar-refractivity contribution in [3.63, 3.8) is 0 Å². The van der Waals surface area contributed by atoms with Crippen molar-refractivity contribution in [1.82, 2.24) is 9.97 Å². The van der Waals surface area contributed by atoms with Gasteiger partial charge >= 0.3 is 0 Å². The minimum Gasteiger partial charge on any atom is -0.357 e. The normalized spacial score (nSPS) is 10.5. The van der Waals surface area contributed by atoms with Crippen LogP contribution in [0.2, 0.25) is 0 Å². The van der Waals surface area contributed by atoms with Gasteiger partial charge in [0, 0.05) is 25.7 Å². The summed E-state index contributed by atoms with van der Waals surface area (Å²) in [4.78, 5) is 11.3. The van der Waals surface area contributed by atoms with Gasteiger partial charge in [0.2, 0.25) is 0 Å². The van der Waals surface area contributed by atoms with Crippen LogP contribution in [-0.2, 0) is 6.42 Å². The summed E-state index contributed by atoms with van der Waals surface area (Å²) in [7, 11) is 0. The van der Waals surface area contributed by atoms with E-state index in [2.05, 4.69) is 59.9 Å². The van der Waals surface area contributed by atoms with Crippen LogP contribution in [0.3, 0.4) is 0 Å². The molecule has 0 unspecified atom stereocenters. The molecule has 2 rings (SSSR count). The Kier molecular flexibility index (Phi) is 4.50. The second kappa shape index (κ2) is 6.32. The van der Waals surface area contributed by atoms with Gasteiger partial charge in [0.05, 0.1) is 0 Å². The highest BCUT2D eigenvalue weighted by molar-refractivity contribution is 5.37. The second-order valence-electron chi connectivity index (χ2n) is 4.67. The molecule has 0 amide bonds. The predicted molar refractivity (Wildman–Crippen MR) is 79.6 cm³/mol. The first-order valence-corrected chi connectivity index (χ1v) is 6.85. The van der Waals surface area contributed by atoms with Crippen molar-refractivity contribution in [2.75, 3.05) is 18.0 Å². The van der Waals surface area contributed by atoms with Crippen LogP contribution in [0.4, 0.5) is 5.82 Å². The Morgan fingerprint density at radius 2 is 1.89 bits per heavy atom. The van der Waals surface area contributed by atoms with Crippen LogP contribution < -0.4 is 4.90 Å². The third kappa shape index (κ3) is 3.53. The van der Waals surface area contributed by atoms with Crippen LogP contribution in [0.15, 0.2) is 36.5 Å². The second-order valence-corrected chi connectivity index (χ2v) is 4.67. The maximum atomic E-state index is 4.65. The fourth-order valence-corrected chi connectivity index (χ4v) is 2.20. The number of hydrogen-bond donors (Lipinski definition) is 0. The molecule has 0 fully saturated rings. The summed E-state index contributed by atoms with van der Waals surface area (Å²) in [5.41, 5.74) is 2.54. The molecule has 0 aliphatic carbocycles. The van der Waals surface area contributed by atoms with E-state index in [1.165, 1.54) is 11.1 Å². The van der Waals surface area contributed by atoms with Crippen molar-refractivity contribution >= 4 is 5.82 Å². The van der Waals surface area contributed by atoms with Gasteiger partial charge in [-0.15, -0.1) is 0 Å². The van der Waals surface area contributed by atoms with Gasteiger partial charge in [-0.2, -0.15) is 0 Å². The Balaban J connectivity index is 2.19. The molecule has 1 aromatic heterocycles. The summed E-state index contributed by atoms with van der Waals surface area (Å²) in [6.45, 7) is 8.34. The molecule has 0 aliphatic heterocycles. The van der Waals surface area contributed by atoms with Gasteiger partial charge in [0.15, 0.2) is 0 Å². The standard InChI is InChI=1S/C16H21N3/c1-4-19(5-2)16-9-10-17-15(18-16)12-14-8-6-7-13(3)11-14/h6-11H,4-5,12H2,1-3H3. The molecule has 100 valence electrons. The lowest BCUT2D eigenvalue weighted by molar-refractivity contribution is 0.826. The molecule has 3 nitrogen and oxygen atoms in total. The average molecular weight is 255 g/mol. The smallest absolute Gasteiger partial charge is 0.135 e. The lowest BCUT2D eigenvalue weighted by Gasteiger charge is -2.19. The first-order chi connectivity index (χ1) is 9.22. The van der Waals surface area contributed by atoms with Crippen molar-refractivity contribution in [2.45, 2.75) is 27.2 Å². The van der Waals surface area contributed by atoms with Crippen molar-refractivity contribution < 1.29 is 0 Å². The number of nitrogens with zero attached hydrogens (tertiary/aromatic N) is 3. The zero-order valence-corrected chi connectivity index (χ0v) is 11.9. The molecule has 3 heteroatoms. The van der Waals surface area contributed by atoms with Crippen LogP contribution in [0.5, 0.6) is 0 Å². The number of aryl methyl sites for hydroxylation is 1. The number of rotatable bonds is 5. The zero-order valence-electron chi connectivity index (χ0n) is 11.9. The fraction of sp³-hybridized carbons (Fsp3) is 0.375. The number of benzene rings is 1. The molecular weight excluding hydrogens is 234 g/mol. The van der Waals surface area contributed by atoms with Gasteiger partial charge in [-0.1, -0.05) is 29.8 Å². The molecule has 1 heterocycles. The molecule has 0 saturated heterocycles. The van der Waals surface area contributed by atoms with Crippen LogP contribution in [0, 0.1) is 6.92 Å². The van der Waals surface area contributed by atoms with Crippen LogP contribution in [0.1, 0.15) is 30.8 Å². The van der Waals surface area contributed by atoms with Crippen LogP contribution in [-0.4, -0.2) is 23.1 Å². The molecule has 0 bridgehead atoms. The summed E-state index contributed by atoms with van der Waals surface area (Å²) in [6.07, 6.45) is 2.64. The lowest BCUT2D eigenvalue weighted by atomic mass is 10.1. The summed E-state index contributed by atoms with van der Waals surface area (Å²) >= 11 is 0. The molecule has 0 radical (unpaired) electrons. The summed E-state index contributed by atoms with van der Waals surface area (Å²) in [5.74, 6) is 1.90. The van der Waals surface area contributed by atoms with Crippen molar-refractivity contribution in [3.8, 4) is 0 Å². The largest absolute Gasteiger partial charge is 0.357 e. The van der Waals surface area contributed by atoms with E-state index in [1.807, 2.05) is 12.3 Å². The van der Waals surface area contributed by atoms with E-state index in [1.54, 1.807) is 0 Å². The van der Waals surface area contributed by atoms with Gasteiger partial charge in [-0.25, -0.2) is 9.97 Å². The minimum absolute atomic E-state index is 0.788. The quantitative estimate of drug-likeness (QED) is 0.821. The van der Waals surface area contributed by atoms with Gasteiger partial charge < -0.3 is 4.90 Å². The summed E-state index contributed by atoms with van der Waals surface area (Å²) < 4.78 is 0. The Hall–Kier alpha value is -1.90. The molecule has 0 aliphatic rings. The topological polar surface area (TPSA) is 29.0 Å². The maximum absolute atomic E-state index is 4.65. The van der Waals surface area contributed by atoms with Gasteiger partial charge in [0.25, 0.3) is 0 Å². The molecule has 1 aromatic carbocycles. The highest BCUT2D eigenvalue weighted by Crippen LogP contribution is 2.12. The molecule has 0 N–H and O–H groups in total. The van der Waals surface area contributed by atoms with Crippen LogP contribution >= 0.6 is 0 Å². The Morgan fingerprint density at radius 3 is 2.58 bits per heavy atom. The lowest BCUT2D eigenvalue weighted by Crippen LogP contribution is -2.23. The fourth-order valence-electron chi connectivity index (χ4n) is 2.20. The molecular formula is C16H21N3. The molecule has 0 atom stereocenters. The van der Waals surface area contributed by atoms with Crippen molar-refractivity contribution in [1.29, 1.82) is 0 Å². The first-order valence-electron chi connectivity index (χ1n) is 6.85. The summed E-state index contributed by atoms with van der Waals surface area (Å²) in [6, 6.07) is 10.5. The monoisotopic (exact) mass is 255 g/mol. The van der Waals surface area contributed by atoms with Crippen molar-refractivity contribution in [3.05, 3.63) is 53.5 Å². The molecule has 19 heavy (non-hydrogen) atoms. The van der Waals surface area contributed by atoms with E-state index in [9.17, 15) is 0 Å². The van der Waals surface area contributed by atoms with Crippen molar-refractivity contribution in [2.24, 2.45) is 0 Å². The van der Waals surface area contributed by atoms with Gasteiger partial charge in [0.1, 0.15) is 11.6 Å². The Labute approximate surface area is 115 Å². The van der Waals surface area contributed by atoms with Gasteiger partial charge in [-0.3, -0.25) is 0 Å². The number of hydrogen-bond acceptors (Lipinski definition) is 3. The molecule has 0 saturated carbocycles. The third-order valence-corrected chi connectivity index (χ3v) is 3.22. The zero-order chi connectivity index (χ0) is 13.7. The highest BCUT2D eigenvalue weighted by Gasteiger charge is 2.06. The maximum Gasteiger partial charge on any atom is 0.135 e. The first kappa shape index (κ1) is 13.5. The predicted octanol–water partition coefficient (Wildman–Crippen LogP) is 3.22. The average Bonchev–Trinajstić information content (AvgIpc) is 2.41. The van der Waals surface area contributed by atoms with E-state index in [-0.39, 0.29) is 0 Å². The van der Waals surface area contributed by atoms with Crippen LogP contribution in [0.25, 0.3) is 0 Å². The van der Waals surface area contributed by atoms with E-state index in [4.69, 9.17) is 0 Å². The summed E-state index contributed by atoms with van der Waals surface area (Å²) in [5, 5.41) is 0. The third-order valence-electron chi connectivity index (χ3n) is 3.22.